The largest absolute Gasteiger partial charge is 0.368 e. The first-order valence-corrected chi connectivity index (χ1v) is 5.45. The van der Waals surface area contributed by atoms with Crippen LogP contribution in [0.25, 0.3) is 10.9 Å². The Balaban J connectivity index is 2.83. The monoisotopic (exact) mass is 280 g/mol. The molecule has 0 aliphatic heterocycles. The molecule has 2 aromatic rings. The van der Waals surface area contributed by atoms with Gasteiger partial charge >= 0.3 is 0 Å². The van der Waals surface area contributed by atoms with Gasteiger partial charge in [0.25, 0.3) is 5.56 Å². The predicted octanol–water partition coefficient (Wildman–Crippen LogP) is 1.25. The van der Waals surface area contributed by atoms with Crippen molar-refractivity contribution in [3.05, 3.63) is 45.2 Å². The number of nitrogens with two attached hydrogens (primary N) is 1. The maximum Gasteiger partial charge on any atom is 0.251 e. The normalized spacial score (nSPS) is 10.6. The third kappa shape index (κ3) is 1.86. The molecule has 1 aromatic carbocycles. The van der Waals surface area contributed by atoms with Gasteiger partial charge < -0.3 is 5.73 Å². The van der Waals surface area contributed by atoms with Crippen molar-refractivity contribution < 1.29 is 4.79 Å². The third-order valence-electron chi connectivity index (χ3n) is 2.27. The van der Waals surface area contributed by atoms with E-state index < -0.39 is 5.91 Å². The van der Waals surface area contributed by atoms with Gasteiger partial charge in [0.2, 0.25) is 5.91 Å². The average Bonchev–Trinajstić information content (AvgIpc) is 2.22. The summed E-state index contributed by atoms with van der Waals surface area (Å²) in [5.41, 5.74) is 5.57. The van der Waals surface area contributed by atoms with Gasteiger partial charge in [-0.3, -0.25) is 14.2 Å². The third-order valence-corrected chi connectivity index (χ3v) is 2.91. The van der Waals surface area contributed by atoms with Gasteiger partial charge in [-0.15, -0.1) is 0 Å². The van der Waals surface area contributed by atoms with Crippen LogP contribution in [0.15, 0.2) is 39.6 Å². The van der Waals surface area contributed by atoms with E-state index in [1.807, 2.05) is 18.2 Å². The summed E-state index contributed by atoms with van der Waals surface area (Å²) in [6, 6.07) is 8.71. The lowest BCUT2D eigenvalue weighted by molar-refractivity contribution is -0.118. The van der Waals surface area contributed by atoms with E-state index in [1.54, 1.807) is 6.07 Å². The molecule has 5 heteroatoms. The Morgan fingerprint density at radius 1 is 1.31 bits per heavy atom. The van der Waals surface area contributed by atoms with Crippen molar-refractivity contribution in [1.82, 2.24) is 4.57 Å². The summed E-state index contributed by atoms with van der Waals surface area (Å²) in [6.45, 7) is -0.112. The lowest BCUT2D eigenvalue weighted by Gasteiger charge is -2.09. The van der Waals surface area contributed by atoms with Crippen LogP contribution in [0.4, 0.5) is 0 Å². The summed E-state index contributed by atoms with van der Waals surface area (Å²) in [4.78, 5) is 22.6. The molecule has 2 rings (SSSR count). The van der Waals surface area contributed by atoms with E-state index in [4.69, 9.17) is 5.73 Å². The van der Waals surface area contributed by atoms with Gasteiger partial charge in [-0.1, -0.05) is 12.1 Å². The molecule has 0 radical (unpaired) electrons. The average molecular weight is 281 g/mol. The van der Waals surface area contributed by atoms with Gasteiger partial charge in [-0.2, -0.15) is 0 Å². The minimum absolute atomic E-state index is 0.112. The molecule has 0 fully saturated rings. The molecule has 2 N–H and O–H groups in total. The Morgan fingerprint density at radius 2 is 2.06 bits per heavy atom. The van der Waals surface area contributed by atoms with Crippen LogP contribution in [-0.2, 0) is 11.3 Å². The van der Waals surface area contributed by atoms with Crippen molar-refractivity contribution in [2.45, 2.75) is 6.54 Å². The highest BCUT2D eigenvalue weighted by molar-refractivity contribution is 9.10. The molecule has 1 heterocycles. The summed E-state index contributed by atoms with van der Waals surface area (Å²) in [5, 5.41) is 0.884. The van der Waals surface area contributed by atoms with Gasteiger partial charge in [0.1, 0.15) is 6.54 Å². The highest BCUT2D eigenvalue weighted by atomic mass is 79.9. The molecule has 0 aliphatic rings. The molecule has 0 unspecified atom stereocenters. The number of fused-ring (bicyclic) bond motifs is 1. The number of pyridine rings is 1. The molecule has 0 bridgehead atoms. The molecule has 1 aromatic heterocycles. The number of hydrogen-bond donors (Lipinski definition) is 1. The van der Waals surface area contributed by atoms with E-state index in [2.05, 4.69) is 15.9 Å². The summed E-state index contributed by atoms with van der Waals surface area (Å²) < 4.78 is 2.13. The van der Waals surface area contributed by atoms with E-state index in [9.17, 15) is 9.59 Å². The van der Waals surface area contributed by atoms with Gasteiger partial charge in [0, 0.05) is 10.5 Å². The zero-order chi connectivity index (χ0) is 11.7. The second-order valence-electron chi connectivity index (χ2n) is 3.40. The van der Waals surface area contributed by atoms with Gasteiger partial charge in [0.15, 0.2) is 0 Å². The van der Waals surface area contributed by atoms with Gasteiger partial charge in [-0.25, -0.2) is 0 Å². The van der Waals surface area contributed by atoms with Crippen molar-refractivity contribution in [3.8, 4) is 0 Å². The quantitative estimate of drug-likeness (QED) is 0.900. The zero-order valence-corrected chi connectivity index (χ0v) is 9.90. The zero-order valence-electron chi connectivity index (χ0n) is 8.31. The second-order valence-corrected chi connectivity index (χ2v) is 4.26. The molecule has 0 spiro atoms. The molecule has 0 atom stereocenters. The second kappa shape index (κ2) is 4.09. The molecule has 4 nitrogen and oxygen atoms in total. The minimum atomic E-state index is -0.537. The minimum Gasteiger partial charge on any atom is -0.368 e. The van der Waals surface area contributed by atoms with E-state index in [0.29, 0.717) is 5.52 Å². The summed E-state index contributed by atoms with van der Waals surface area (Å²) in [7, 11) is 0. The number of rotatable bonds is 2. The number of benzene rings is 1. The Bertz CT molecular complexity index is 619. The number of hydrogen-bond acceptors (Lipinski definition) is 2. The van der Waals surface area contributed by atoms with Crippen LogP contribution in [0.1, 0.15) is 0 Å². The first-order chi connectivity index (χ1) is 7.59. The summed E-state index contributed by atoms with van der Waals surface area (Å²) in [6.07, 6.45) is 0. The first kappa shape index (κ1) is 10.9. The highest BCUT2D eigenvalue weighted by Crippen LogP contribution is 2.22. The Hall–Kier alpha value is -1.62. The number of primary amides is 1. The van der Waals surface area contributed by atoms with E-state index >= 15 is 0 Å². The van der Waals surface area contributed by atoms with Gasteiger partial charge in [0.05, 0.1) is 5.52 Å². The number of carbonyl (C=O) groups is 1. The lowest BCUT2D eigenvalue weighted by Crippen LogP contribution is -2.27. The van der Waals surface area contributed by atoms with Crippen LogP contribution in [0.5, 0.6) is 0 Å². The van der Waals surface area contributed by atoms with Gasteiger partial charge in [-0.05, 0) is 33.4 Å². The van der Waals surface area contributed by atoms with Crippen LogP contribution in [-0.4, -0.2) is 10.5 Å². The molecular weight excluding hydrogens is 272 g/mol. The van der Waals surface area contributed by atoms with Crippen molar-refractivity contribution in [2.24, 2.45) is 5.73 Å². The number of amides is 1. The molecule has 82 valence electrons. The number of nitrogens with zero attached hydrogens (tertiary/aromatic N) is 1. The maximum absolute atomic E-state index is 11.7. The van der Waals surface area contributed by atoms with E-state index in [-0.39, 0.29) is 12.1 Å². The fourth-order valence-electron chi connectivity index (χ4n) is 1.63. The Kier molecular flexibility index (Phi) is 2.78. The molecule has 0 saturated carbocycles. The Labute approximate surface area is 99.8 Å². The van der Waals surface area contributed by atoms with Crippen LogP contribution in [0, 0.1) is 0 Å². The fraction of sp³-hybridized carbons (Fsp3) is 0.0909. The first-order valence-electron chi connectivity index (χ1n) is 4.66. The molecule has 0 saturated heterocycles. The fourth-order valence-corrected chi connectivity index (χ4v) is 2.22. The lowest BCUT2D eigenvalue weighted by atomic mass is 10.2. The number of aromatic nitrogens is 1. The van der Waals surface area contributed by atoms with Crippen LogP contribution < -0.4 is 11.3 Å². The molecular formula is C11H9BrN2O2. The van der Waals surface area contributed by atoms with Crippen molar-refractivity contribution in [1.29, 1.82) is 0 Å². The van der Waals surface area contributed by atoms with E-state index in [1.165, 1.54) is 10.6 Å². The predicted molar refractivity (Wildman–Crippen MR) is 65.1 cm³/mol. The Morgan fingerprint density at radius 3 is 2.75 bits per heavy atom. The van der Waals surface area contributed by atoms with Crippen molar-refractivity contribution in [3.63, 3.8) is 0 Å². The number of carbonyl (C=O) groups excluding carboxylic acids is 1. The summed E-state index contributed by atoms with van der Waals surface area (Å²) in [5.74, 6) is -0.537. The van der Waals surface area contributed by atoms with Crippen LogP contribution in [0.3, 0.4) is 0 Å². The van der Waals surface area contributed by atoms with Crippen molar-refractivity contribution >= 4 is 32.7 Å². The topological polar surface area (TPSA) is 65.1 Å². The van der Waals surface area contributed by atoms with Crippen LogP contribution >= 0.6 is 15.9 Å². The van der Waals surface area contributed by atoms with Crippen LogP contribution in [0.2, 0.25) is 0 Å². The molecule has 0 aliphatic carbocycles. The number of halogens is 1. The van der Waals surface area contributed by atoms with E-state index in [0.717, 1.165) is 9.86 Å². The summed E-state index contributed by atoms with van der Waals surface area (Å²) >= 11 is 3.36. The maximum atomic E-state index is 11.7. The molecule has 16 heavy (non-hydrogen) atoms. The standard InChI is InChI=1S/C11H9BrN2O2/c12-8-3-1-2-7-4-5-10(16)14(11(7)8)6-9(13)15/h1-5H,6H2,(H2,13,15). The molecule has 1 amide bonds. The van der Waals surface area contributed by atoms with Crippen molar-refractivity contribution in [2.75, 3.05) is 0 Å². The highest BCUT2D eigenvalue weighted by Gasteiger charge is 2.07. The number of para-hydroxylation sites is 1. The smallest absolute Gasteiger partial charge is 0.251 e. The SMILES string of the molecule is NC(=O)Cn1c(=O)ccc2cccc(Br)c21.